The van der Waals surface area contributed by atoms with Gasteiger partial charge in [-0.15, -0.1) is 11.3 Å². The molecular weight excluding hydrogens is 274 g/mol. The molecule has 0 fully saturated rings. The van der Waals surface area contributed by atoms with Crippen LogP contribution in [-0.4, -0.2) is 18.5 Å². The fourth-order valence-corrected chi connectivity index (χ4v) is 2.54. The Hall–Kier alpha value is -2.14. The van der Waals surface area contributed by atoms with E-state index in [2.05, 4.69) is 5.32 Å². The number of benzene rings is 1. The first-order valence-electron chi connectivity index (χ1n) is 6.25. The van der Waals surface area contributed by atoms with Gasteiger partial charge in [0.15, 0.2) is 0 Å². The maximum atomic E-state index is 12.2. The smallest absolute Gasteiger partial charge is 0.341 e. The SMILES string of the molecule is CCOC(=O)c1ccsc1NC(=O)c1ccccc1C. The Labute approximate surface area is 121 Å². The molecule has 2 rings (SSSR count). The van der Waals surface area contributed by atoms with Crippen LogP contribution in [0.5, 0.6) is 0 Å². The molecule has 1 amide bonds. The molecular formula is C15H15NO3S. The number of carbonyl (C=O) groups excluding carboxylic acids is 2. The van der Waals surface area contributed by atoms with Crippen LogP contribution in [0.15, 0.2) is 35.7 Å². The minimum atomic E-state index is -0.422. The molecule has 0 aliphatic heterocycles. The highest BCUT2D eigenvalue weighted by Gasteiger charge is 2.17. The van der Waals surface area contributed by atoms with Crippen LogP contribution in [-0.2, 0) is 4.74 Å². The Bertz CT molecular complexity index is 634. The number of nitrogens with one attached hydrogen (secondary N) is 1. The van der Waals surface area contributed by atoms with Gasteiger partial charge in [-0.1, -0.05) is 18.2 Å². The molecule has 1 N–H and O–H groups in total. The molecule has 0 aliphatic rings. The molecule has 1 aromatic carbocycles. The third-order valence-electron chi connectivity index (χ3n) is 2.78. The van der Waals surface area contributed by atoms with Crippen LogP contribution < -0.4 is 5.32 Å². The Morgan fingerprint density at radius 3 is 2.65 bits per heavy atom. The number of thiophene rings is 1. The lowest BCUT2D eigenvalue weighted by Gasteiger charge is -2.07. The normalized spacial score (nSPS) is 10.1. The number of hydrogen-bond acceptors (Lipinski definition) is 4. The molecule has 0 unspecified atom stereocenters. The summed E-state index contributed by atoms with van der Waals surface area (Å²) >= 11 is 1.30. The highest BCUT2D eigenvalue weighted by atomic mass is 32.1. The fraction of sp³-hybridized carbons (Fsp3) is 0.200. The van der Waals surface area contributed by atoms with Crippen LogP contribution in [0.4, 0.5) is 5.00 Å². The zero-order valence-corrected chi connectivity index (χ0v) is 12.1. The molecule has 5 heteroatoms. The van der Waals surface area contributed by atoms with Gasteiger partial charge in [0.25, 0.3) is 5.91 Å². The van der Waals surface area contributed by atoms with E-state index in [4.69, 9.17) is 4.74 Å². The largest absolute Gasteiger partial charge is 0.462 e. The highest BCUT2D eigenvalue weighted by Crippen LogP contribution is 2.25. The maximum absolute atomic E-state index is 12.2. The Kier molecular flexibility index (Phi) is 4.53. The van der Waals surface area contributed by atoms with Crippen LogP contribution in [0.2, 0.25) is 0 Å². The van der Waals surface area contributed by atoms with Gasteiger partial charge in [-0.05, 0) is 36.9 Å². The number of hydrogen-bond donors (Lipinski definition) is 1. The second-order valence-electron chi connectivity index (χ2n) is 4.15. The number of carbonyl (C=O) groups is 2. The van der Waals surface area contributed by atoms with E-state index in [0.29, 0.717) is 22.7 Å². The Balaban J connectivity index is 2.19. The van der Waals surface area contributed by atoms with Crippen molar-refractivity contribution in [2.24, 2.45) is 0 Å². The average molecular weight is 289 g/mol. The quantitative estimate of drug-likeness (QED) is 0.877. The molecule has 104 valence electrons. The summed E-state index contributed by atoms with van der Waals surface area (Å²) in [6.45, 7) is 3.92. The van der Waals surface area contributed by atoms with Crippen LogP contribution in [0, 0.1) is 6.92 Å². The molecule has 0 aliphatic carbocycles. The first-order chi connectivity index (χ1) is 9.63. The predicted molar refractivity (Wildman–Crippen MR) is 79.4 cm³/mol. The molecule has 0 bridgehead atoms. The molecule has 20 heavy (non-hydrogen) atoms. The zero-order valence-electron chi connectivity index (χ0n) is 11.3. The van der Waals surface area contributed by atoms with E-state index >= 15 is 0 Å². The standard InChI is InChI=1S/C15H15NO3S/c1-3-19-15(18)12-8-9-20-14(12)16-13(17)11-7-5-4-6-10(11)2/h4-9H,3H2,1-2H3,(H,16,17). The molecule has 0 radical (unpaired) electrons. The first kappa shape index (κ1) is 14.3. The zero-order chi connectivity index (χ0) is 14.5. The topological polar surface area (TPSA) is 55.4 Å². The lowest BCUT2D eigenvalue weighted by molar-refractivity contribution is 0.0528. The summed E-state index contributed by atoms with van der Waals surface area (Å²) in [5.41, 5.74) is 1.87. The molecule has 4 nitrogen and oxygen atoms in total. The number of amides is 1. The Morgan fingerprint density at radius 2 is 1.95 bits per heavy atom. The molecule has 0 atom stereocenters. The van der Waals surface area contributed by atoms with Gasteiger partial charge in [-0.2, -0.15) is 0 Å². The van der Waals surface area contributed by atoms with E-state index in [-0.39, 0.29) is 5.91 Å². The maximum Gasteiger partial charge on any atom is 0.341 e. The van der Waals surface area contributed by atoms with Gasteiger partial charge in [0.1, 0.15) is 5.00 Å². The van der Waals surface area contributed by atoms with Crippen LogP contribution in [0.25, 0.3) is 0 Å². The van der Waals surface area contributed by atoms with Crippen molar-refractivity contribution in [1.29, 1.82) is 0 Å². The summed E-state index contributed by atoms with van der Waals surface area (Å²) in [5.74, 6) is -0.648. The summed E-state index contributed by atoms with van der Waals surface area (Å²) in [6, 6.07) is 8.96. The molecule has 0 spiro atoms. The Morgan fingerprint density at radius 1 is 1.20 bits per heavy atom. The van der Waals surface area contributed by atoms with Gasteiger partial charge >= 0.3 is 5.97 Å². The lowest BCUT2D eigenvalue weighted by atomic mass is 10.1. The van der Waals surface area contributed by atoms with E-state index in [1.807, 2.05) is 25.1 Å². The van der Waals surface area contributed by atoms with Gasteiger partial charge in [0.05, 0.1) is 12.2 Å². The van der Waals surface area contributed by atoms with E-state index < -0.39 is 5.97 Å². The van der Waals surface area contributed by atoms with E-state index in [1.54, 1.807) is 24.4 Å². The molecule has 0 saturated heterocycles. The third-order valence-corrected chi connectivity index (χ3v) is 3.61. The number of anilines is 1. The van der Waals surface area contributed by atoms with Crippen LogP contribution in [0.1, 0.15) is 33.2 Å². The summed E-state index contributed by atoms with van der Waals surface area (Å²) in [6.07, 6.45) is 0. The summed E-state index contributed by atoms with van der Waals surface area (Å²) in [5, 5.41) is 5.03. The van der Waals surface area contributed by atoms with E-state index in [9.17, 15) is 9.59 Å². The van der Waals surface area contributed by atoms with Crippen molar-refractivity contribution < 1.29 is 14.3 Å². The molecule has 1 aromatic heterocycles. The summed E-state index contributed by atoms with van der Waals surface area (Å²) in [4.78, 5) is 24.0. The minimum absolute atomic E-state index is 0.226. The fourth-order valence-electron chi connectivity index (χ4n) is 1.77. The third kappa shape index (κ3) is 3.05. The van der Waals surface area contributed by atoms with Gasteiger partial charge in [-0.3, -0.25) is 4.79 Å². The second kappa shape index (κ2) is 6.34. The first-order valence-corrected chi connectivity index (χ1v) is 7.13. The van der Waals surface area contributed by atoms with Gasteiger partial charge in [0, 0.05) is 5.56 Å². The number of aryl methyl sites for hydroxylation is 1. The van der Waals surface area contributed by atoms with E-state index in [0.717, 1.165) is 5.56 Å². The monoisotopic (exact) mass is 289 g/mol. The predicted octanol–water partition coefficient (Wildman–Crippen LogP) is 3.49. The number of ether oxygens (including phenoxy) is 1. The molecule has 1 heterocycles. The van der Waals surface area contributed by atoms with Gasteiger partial charge in [0.2, 0.25) is 0 Å². The molecule has 2 aromatic rings. The lowest BCUT2D eigenvalue weighted by Crippen LogP contribution is -2.15. The summed E-state index contributed by atoms with van der Waals surface area (Å²) in [7, 11) is 0. The van der Waals surface area contributed by atoms with Crippen molar-refractivity contribution in [1.82, 2.24) is 0 Å². The van der Waals surface area contributed by atoms with Crippen LogP contribution >= 0.6 is 11.3 Å². The van der Waals surface area contributed by atoms with Crippen molar-refractivity contribution in [2.45, 2.75) is 13.8 Å². The summed E-state index contributed by atoms with van der Waals surface area (Å²) < 4.78 is 4.95. The highest BCUT2D eigenvalue weighted by molar-refractivity contribution is 7.14. The molecule has 0 saturated carbocycles. The van der Waals surface area contributed by atoms with Crippen molar-refractivity contribution in [2.75, 3.05) is 11.9 Å². The van der Waals surface area contributed by atoms with Crippen LogP contribution in [0.3, 0.4) is 0 Å². The van der Waals surface area contributed by atoms with Crippen molar-refractivity contribution in [3.8, 4) is 0 Å². The number of esters is 1. The van der Waals surface area contributed by atoms with Crippen molar-refractivity contribution in [3.63, 3.8) is 0 Å². The van der Waals surface area contributed by atoms with Gasteiger partial charge in [-0.25, -0.2) is 4.79 Å². The van der Waals surface area contributed by atoms with Crippen molar-refractivity contribution >= 4 is 28.2 Å². The minimum Gasteiger partial charge on any atom is -0.462 e. The number of rotatable bonds is 4. The average Bonchev–Trinajstić information content (AvgIpc) is 2.87. The van der Waals surface area contributed by atoms with Crippen molar-refractivity contribution in [3.05, 3.63) is 52.4 Å². The van der Waals surface area contributed by atoms with E-state index in [1.165, 1.54) is 11.3 Å². The second-order valence-corrected chi connectivity index (χ2v) is 5.07. The van der Waals surface area contributed by atoms with Gasteiger partial charge < -0.3 is 10.1 Å².